The van der Waals surface area contributed by atoms with Crippen LogP contribution in [0.5, 0.6) is 0 Å². The van der Waals surface area contributed by atoms with Crippen molar-refractivity contribution in [3.63, 3.8) is 0 Å². The Morgan fingerprint density at radius 2 is 1.92 bits per heavy atom. The second-order valence-corrected chi connectivity index (χ2v) is 3.38. The molecule has 0 saturated heterocycles. The van der Waals surface area contributed by atoms with Crippen LogP contribution in [0.4, 0.5) is 0 Å². The van der Waals surface area contributed by atoms with Crippen LogP contribution in [0.3, 0.4) is 0 Å². The summed E-state index contributed by atoms with van der Waals surface area (Å²) in [6.07, 6.45) is 4.81. The zero-order valence-electron chi connectivity index (χ0n) is 9.07. The van der Waals surface area contributed by atoms with Gasteiger partial charge in [-0.3, -0.25) is 0 Å². The van der Waals surface area contributed by atoms with E-state index in [0.717, 1.165) is 31.9 Å². The topological polar surface area (TPSA) is 21.3 Å². The second kappa shape index (κ2) is 9.59. The summed E-state index contributed by atoms with van der Waals surface area (Å²) in [7, 11) is 0. The van der Waals surface area contributed by atoms with Gasteiger partial charge in [0.2, 0.25) is 0 Å². The summed E-state index contributed by atoms with van der Waals surface area (Å²) in [5, 5.41) is 3.17. The quantitative estimate of drug-likeness (QED) is 0.558. The maximum atomic E-state index is 5.45. The zero-order valence-corrected chi connectivity index (χ0v) is 9.07. The monoisotopic (exact) mass is 185 g/mol. The number of allylic oxidation sites excluding steroid dienone is 1. The molecule has 0 bridgehead atoms. The Hall–Kier alpha value is -0.500. The third-order valence-electron chi connectivity index (χ3n) is 1.78. The Morgan fingerprint density at radius 1 is 1.23 bits per heavy atom. The largest absolute Gasteiger partial charge is 0.389 e. The van der Waals surface area contributed by atoms with Crippen molar-refractivity contribution in [2.75, 3.05) is 19.8 Å². The summed E-state index contributed by atoms with van der Waals surface area (Å²) in [6, 6.07) is 0. The molecule has 0 fully saturated rings. The first-order valence-electron chi connectivity index (χ1n) is 5.24. The van der Waals surface area contributed by atoms with Crippen LogP contribution in [-0.2, 0) is 4.74 Å². The summed E-state index contributed by atoms with van der Waals surface area (Å²) in [6.45, 7) is 10.7. The van der Waals surface area contributed by atoms with Crippen molar-refractivity contribution in [1.29, 1.82) is 0 Å². The molecule has 0 aromatic carbocycles. The van der Waals surface area contributed by atoms with E-state index in [4.69, 9.17) is 4.74 Å². The Labute approximate surface area is 82.4 Å². The number of unbranched alkanes of at least 4 members (excludes halogenated alkanes) is 2. The molecule has 1 N–H and O–H groups in total. The molecule has 0 rings (SSSR count). The van der Waals surface area contributed by atoms with Gasteiger partial charge in [0.1, 0.15) is 0 Å². The number of nitrogens with one attached hydrogen (secondary N) is 1. The highest BCUT2D eigenvalue weighted by Crippen LogP contribution is 1.94. The fourth-order valence-electron chi connectivity index (χ4n) is 1.03. The summed E-state index contributed by atoms with van der Waals surface area (Å²) < 4.78 is 5.45. The summed E-state index contributed by atoms with van der Waals surface area (Å²) in [5.74, 6) is 0. The van der Waals surface area contributed by atoms with Crippen LogP contribution in [0.2, 0.25) is 0 Å². The van der Waals surface area contributed by atoms with Gasteiger partial charge in [-0.15, -0.1) is 0 Å². The van der Waals surface area contributed by atoms with Crippen LogP contribution in [0.15, 0.2) is 12.3 Å². The molecular weight excluding hydrogens is 162 g/mol. The molecular formula is C11H23NO. The van der Waals surface area contributed by atoms with Crippen LogP contribution in [-0.4, -0.2) is 19.8 Å². The van der Waals surface area contributed by atoms with Gasteiger partial charge in [-0.05, 0) is 19.8 Å². The van der Waals surface area contributed by atoms with Crippen molar-refractivity contribution in [3.05, 3.63) is 12.3 Å². The summed E-state index contributed by atoms with van der Waals surface area (Å²) in [5.41, 5.74) is 1.03. The maximum absolute atomic E-state index is 5.45. The van der Waals surface area contributed by atoms with Crippen molar-refractivity contribution in [3.8, 4) is 0 Å². The van der Waals surface area contributed by atoms with E-state index in [-0.39, 0.29) is 0 Å². The van der Waals surface area contributed by atoms with E-state index in [9.17, 15) is 0 Å². The summed E-state index contributed by atoms with van der Waals surface area (Å²) in [4.78, 5) is 0. The Kier molecular flexibility index (Phi) is 9.22. The lowest BCUT2D eigenvalue weighted by Gasteiger charge is -2.05. The Bertz CT molecular complexity index is 123. The molecule has 0 aromatic heterocycles. The van der Waals surface area contributed by atoms with Gasteiger partial charge in [0.25, 0.3) is 0 Å². The average molecular weight is 185 g/mol. The Balaban J connectivity index is 2.87. The number of ether oxygens (including phenoxy) is 1. The van der Waals surface area contributed by atoms with E-state index in [1.54, 1.807) is 0 Å². The van der Waals surface area contributed by atoms with Crippen LogP contribution >= 0.6 is 0 Å². The average Bonchev–Trinajstić information content (AvgIpc) is 2.09. The van der Waals surface area contributed by atoms with Gasteiger partial charge in [0, 0.05) is 25.5 Å². The zero-order chi connectivity index (χ0) is 9.94. The normalized spacial score (nSPS) is 10.0. The molecule has 0 unspecified atom stereocenters. The maximum Gasteiger partial charge on any atom is 0.0482 e. The smallest absolute Gasteiger partial charge is 0.0482 e. The van der Waals surface area contributed by atoms with Gasteiger partial charge in [-0.2, -0.15) is 0 Å². The standard InChI is InChI=1S/C11H23NO/c1-4-5-6-9-13-10-7-8-12-11(2)3/h12H,2,4-10H2,1,3H3. The molecule has 78 valence electrons. The lowest BCUT2D eigenvalue weighted by Crippen LogP contribution is -2.13. The predicted molar refractivity (Wildman–Crippen MR) is 57.8 cm³/mol. The van der Waals surface area contributed by atoms with E-state index in [1.165, 1.54) is 19.3 Å². The van der Waals surface area contributed by atoms with Gasteiger partial charge >= 0.3 is 0 Å². The lowest BCUT2D eigenvalue weighted by molar-refractivity contribution is 0.128. The number of hydrogen-bond donors (Lipinski definition) is 1. The molecule has 2 nitrogen and oxygen atoms in total. The fourth-order valence-corrected chi connectivity index (χ4v) is 1.03. The number of hydrogen-bond acceptors (Lipinski definition) is 2. The molecule has 2 heteroatoms. The first kappa shape index (κ1) is 12.5. The van der Waals surface area contributed by atoms with Crippen molar-refractivity contribution >= 4 is 0 Å². The lowest BCUT2D eigenvalue weighted by atomic mass is 10.3. The van der Waals surface area contributed by atoms with Crippen molar-refractivity contribution in [1.82, 2.24) is 5.32 Å². The molecule has 0 saturated carbocycles. The van der Waals surface area contributed by atoms with E-state index in [1.807, 2.05) is 6.92 Å². The van der Waals surface area contributed by atoms with Gasteiger partial charge in [0.15, 0.2) is 0 Å². The van der Waals surface area contributed by atoms with E-state index >= 15 is 0 Å². The highest BCUT2D eigenvalue weighted by atomic mass is 16.5. The number of rotatable bonds is 9. The highest BCUT2D eigenvalue weighted by Gasteiger charge is 1.89. The molecule has 0 aromatic rings. The SMILES string of the molecule is C=C(C)NCCCOCCCCC. The van der Waals surface area contributed by atoms with Crippen LogP contribution < -0.4 is 5.32 Å². The van der Waals surface area contributed by atoms with Crippen molar-refractivity contribution in [2.24, 2.45) is 0 Å². The predicted octanol–water partition coefficient (Wildman–Crippen LogP) is 2.71. The highest BCUT2D eigenvalue weighted by molar-refractivity contribution is 4.83. The minimum absolute atomic E-state index is 0.865. The van der Waals surface area contributed by atoms with Gasteiger partial charge in [-0.1, -0.05) is 26.3 Å². The molecule has 0 atom stereocenters. The van der Waals surface area contributed by atoms with Gasteiger partial charge in [0.05, 0.1) is 0 Å². The van der Waals surface area contributed by atoms with Crippen LogP contribution in [0.1, 0.15) is 39.5 Å². The minimum atomic E-state index is 0.865. The first-order valence-corrected chi connectivity index (χ1v) is 5.24. The van der Waals surface area contributed by atoms with Gasteiger partial charge in [-0.25, -0.2) is 0 Å². The summed E-state index contributed by atoms with van der Waals surface area (Å²) >= 11 is 0. The van der Waals surface area contributed by atoms with E-state index in [2.05, 4.69) is 18.8 Å². The molecule has 0 aliphatic rings. The van der Waals surface area contributed by atoms with Crippen molar-refractivity contribution < 1.29 is 4.74 Å². The van der Waals surface area contributed by atoms with Crippen molar-refractivity contribution in [2.45, 2.75) is 39.5 Å². The van der Waals surface area contributed by atoms with Crippen LogP contribution in [0, 0.1) is 0 Å². The molecule has 0 amide bonds. The molecule has 0 radical (unpaired) electrons. The minimum Gasteiger partial charge on any atom is -0.389 e. The molecule has 0 heterocycles. The fraction of sp³-hybridized carbons (Fsp3) is 0.818. The molecule has 0 spiro atoms. The second-order valence-electron chi connectivity index (χ2n) is 3.38. The third-order valence-corrected chi connectivity index (χ3v) is 1.78. The first-order chi connectivity index (χ1) is 6.27. The molecule has 13 heavy (non-hydrogen) atoms. The van der Waals surface area contributed by atoms with Gasteiger partial charge < -0.3 is 10.1 Å². The third kappa shape index (κ3) is 11.5. The molecule has 0 aliphatic carbocycles. The van der Waals surface area contributed by atoms with Crippen LogP contribution in [0.25, 0.3) is 0 Å². The Morgan fingerprint density at radius 3 is 2.54 bits per heavy atom. The van der Waals surface area contributed by atoms with E-state index < -0.39 is 0 Å². The van der Waals surface area contributed by atoms with E-state index in [0.29, 0.717) is 0 Å². The molecule has 0 aliphatic heterocycles.